The number of benzene rings is 2. The lowest BCUT2D eigenvalue weighted by Crippen LogP contribution is -2.25. The van der Waals surface area contributed by atoms with Crippen molar-refractivity contribution in [3.8, 4) is 5.75 Å². The van der Waals surface area contributed by atoms with Crippen LogP contribution in [0.4, 0.5) is 0 Å². The van der Waals surface area contributed by atoms with Crippen LogP contribution in [0.15, 0.2) is 36.4 Å². The molecule has 3 rings (SSSR count). The minimum Gasteiger partial charge on any atom is -0.491 e. The highest BCUT2D eigenvalue weighted by Gasteiger charge is 2.17. The molecule has 1 N–H and O–H groups in total. The first kappa shape index (κ1) is 21.3. The summed E-state index contributed by atoms with van der Waals surface area (Å²) in [6.07, 6.45) is -0.606. The first-order valence-corrected chi connectivity index (χ1v) is 9.20. The Morgan fingerprint density at radius 1 is 1.11 bits per heavy atom. The molecular weight excluding hydrogens is 360 g/mol. The van der Waals surface area contributed by atoms with Gasteiger partial charge in [-0.25, -0.2) is 4.98 Å². The molecule has 146 valence electrons. The summed E-state index contributed by atoms with van der Waals surface area (Å²) in [6, 6.07) is 12.2. The number of imidazole rings is 1. The summed E-state index contributed by atoms with van der Waals surface area (Å²) < 4.78 is 8.05. The lowest BCUT2D eigenvalue weighted by molar-refractivity contribution is 0.0921. The molecule has 0 amide bonds. The number of hydrogen-bond donors (Lipinski definition) is 1. The molecule has 1 atom stereocenters. The van der Waals surface area contributed by atoms with Crippen LogP contribution in [0, 0.1) is 20.8 Å². The second-order valence-electron chi connectivity index (χ2n) is 7.39. The number of aliphatic hydroxyl groups is 1. The zero-order valence-corrected chi connectivity index (χ0v) is 17.5. The predicted octanol–water partition coefficient (Wildman–Crippen LogP) is 4.95. The second-order valence-corrected chi connectivity index (χ2v) is 7.39. The van der Waals surface area contributed by atoms with Gasteiger partial charge in [0.25, 0.3) is 0 Å². The summed E-state index contributed by atoms with van der Waals surface area (Å²) in [5.41, 5.74) is 5.52. The van der Waals surface area contributed by atoms with E-state index in [4.69, 9.17) is 9.72 Å². The minimum absolute atomic E-state index is 0. The van der Waals surface area contributed by atoms with Crippen LogP contribution in [0.25, 0.3) is 11.0 Å². The molecule has 1 unspecified atom stereocenters. The van der Waals surface area contributed by atoms with Crippen LogP contribution in [0.3, 0.4) is 0 Å². The van der Waals surface area contributed by atoms with E-state index in [-0.39, 0.29) is 24.9 Å². The van der Waals surface area contributed by atoms with Crippen molar-refractivity contribution in [3.63, 3.8) is 0 Å². The van der Waals surface area contributed by atoms with Gasteiger partial charge >= 0.3 is 0 Å². The maximum absolute atomic E-state index is 10.6. The minimum atomic E-state index is -0.606. The summed E-state index contributed by atoms with van der Waals surface area (Å²) in [6.45, 7) is 11.2. The normalized spacial score (nSPS) is 12.3. The largest absolute Gasteiger partial charge is 0.491 e. The molecule has 0 aliphatic carbocycles. The predicted molar refractivity (Wildman–Crippen MR) is 113 cm³/mol. The monoisotopic (exact) mass is 388 g/mol. The average Bonchev–Trinajstić information content (AvgIpc) is 2.96. The van der Waals surface area contributed by atoms with Gasteiger partial charge in [0.05, 0.1) is 17.6 Å². The maximum Gasteiger partial charge on any atom is 0.122 e. The number of halogens is 1. The number of hydrogen-bond acceptors (Lipinski definition) is 3. The van der Waals surface area contributed by atoms with Gasteiger partial charge in [0.1, 0.15) is 24.3 Å². The second kappa shape index (κ2) is 8.77. The fraction of sp³-hybridized carbons (Fsp3) is 0.409. The highest BCUT2D eigenvalue weighted by molar-refractivity contribution is 5.85. The van der Waals surface area contributed by atoms with E-state index in [0.717, 1.165) is 28.2 Å². The van der Waals surface area contributed by atoms with Gasteiger partial charge in [0.2, 0.25) is 0 Å². The molecule has 0 aliphatic heterocycles. The van der Waals surface area contributed by atoms with E-state index in [1.54, 1.807) is 0 Å². The number of rotatable bonds is 6. The van der Waals surface area contributed by atoms with Crippen molar-refractivity contribution in [2.45, 2.75) is 53.2 Å². The summed E-state index contributed by atoms with van der Waals surface area (Å²) >= 11 is 0. The first-order valence-electron chi connectivity index (χ1n) is 9.20. The van der Waals surface area contributed by atoms with E-state index in [1.165, 1.54) is 11.1 Å². The van der Waals surface area contributed by atoms with E-state index in [2.05, 4.69) is 51.3 Å². The Morgan fingerprint density at radius 2 is 1.81 bits per heavy atom. The van der Waals surface area contributed by atoms with E-state index in [0.29, 0.717) is 6.54 Å². The van der Waals surface area contributed by atoms with Gasteiger partial charge in [-0.3, -0.25) is 0 Å². The van der Waals surface area contributed by atoms with Crippen molar-refractivity contribution in [1.82, 2.24) is 9.55 Å². The van der Waals surface area contributed by atoms with Crippen molar-refractivity contribution >= 4 is 23.4 Å². The third-order valence-electron chi connectivity index (χ3n) is 4.79. The first-order chi connectivity index (χ1) is 12.4. The fourth-order valence-electron chi connectivity index (χ4n) is 3.33. The lowest BCUT2D eigenvalue weighted by Gasteiger charge is -2.18. The molecule has 0 aliphatic rings. The Labute approximate surface area is 167 Å². The zero-order valence-electron chi connectivity index (χ0n) is 16.7. The Balaban J connectivity index is 0.00000261. The van der Waals surface area contributed by atoms with Gasteiger partial charge in [0.15, 0.2) is 0 Å². The van der Waals surface area contributed by atoms with Gasteiger partial charge in [-0.15, -0.1) is 12.4 Å². The van der Waals surface area contributed by atoms with Gasteiger partial charge in [-0.05, 0) is 55.7 Å². The molecule has 0 radical (unpaired) electrons. The number of nitrogens with zero attached hydrogens (tertiary/aromatic N) is 2. The smallest absolute Gasteiger partial charge is 0.122 e. The molecule has 0 fully saturated rings. The van der Waals surface area contributed by atoms with Crippen molar-refractivity contribution in [2.75, 3.05) is 6.61 Å². The topological polar surface area (TPSA) is 47.3 Å². The Hall–Kier alpha value is -2.04. The Bertz CT molecular complexity index is 918. The third kappa shape index (κ3) is 4.63. The molecule has 0 bridgehead atoms. The summed E-state index contributed by atoms with van der Waals surface area (Å²) in [5, 5.41) is 10.6. The van der Waals surface area contributed by atoms with Crippen LogP contribution in [0.1, 0.15) is 42.3 Å². The molecule has 0 saturated heterocycles. The van der Waals surface area contributed by atoms with E-state index in [1.807, 2.05) is 24.3 Å². The lowest BCUT2D eigenvalue weighted by atomic mass is 10.1. The molecule has 3 aromatic rings. The van der Waals surface area contributed by atoms with E-state index in [9.17, 15) is 5.11 Å². The van der Waals surface area contributed by atoms with Crippen LogP contribution >= 0.6 is 12.4 Å². The fourth-order valence-corrected chi connectivity index (χ4v) is 3.33. The molecule has 4 nitrogen and oxygen atoms in total. The molecule has 27 heavy (non-hydrogen) atoms. The van der Waals surface area contributed by atoms with Crippen LogP contribution in [-0.4, -0.2) is 27.4 Å². The van der Waals surface area contributed by atoms with Gasteiger partial charge in [0, 0.05) is 5.92 Å². The standard InChI is InChI=1S/C22H28N2O2.ClH/c1-14(2)22-23-19-8-6-7-9-20(19)24(22)12-18(25)13-26-21-11-15(3)10-16(4)17(21)5;/h6-11,14,18,25H,12-13H2,1-5H3;1H. The molecule has 1 aromatic heterocycles. The average molecular weight is 389 g/mol. The SMILES string of the molecule is Cc1cc(C)c(C)c(OCC(O)Cn2c(C(C)C)nc3ccccc32)c1.Cl. The highest BCUT2D eigenvalue weighted by Crippen LogP contribution is 2.25. The Morgan fingerprint density at radius 3 is 2.52 bits per heavy atom. The van der Waals surface area contributed by atoms with Crippen LogP contribution in [-0.2, 0) is 6.54 Å². The number of aliphatic hydroxyl groups excluding tert-OH is 1. The molecule has 1 heterocycles. The van der Waals surface area contributed by atoms with Gasteiger partial charge in [-0.1, -0.05) is 32.0 Å². The maximum atomic E-state index is 10.6. The molecule has 0 spiro atoms. The van der Waals surface area contributed by atoms with Crippen molar-refractivity contribution in [2.24, 2.45) is 0 Å². The molecule has 5 heteroatoms. The zero-order chi connectivity index (χ0) is 18.8. The van der Waals surface area contributed by atoms with Crippen LogP contribution in [0.5, 0.6) is 5.75 Å². The number of para-hydroxylation sites is 2. The van der Waals surface area contributed by atoms with Crippen molar-refractivity contribution in [1.29, 1.82) is 0 Å². The number of aryl methyl sites for hydroxylation is 2. The van der Waals surface area contributed by atoms with Crippen LogP contribution in [0.2, 0.25) is 0 Å². The highest BCUT2D eigenvalue weighted by atomic mass is 35.5. The Kier molecular flexibility index (Phi) is 6.90. The number of aromatic nitrogens is 2. The summed E-state index contributed by atoms with van der Waals surface area (Å²) in [7, 11) is 0. The van der Waals surface area contributed by atoms with E-state index >= 15 is 0 Å². The summed E-state index contributed by atoms with van der Waals surface area (Å²) in [5.74, 6) is 2.13. The van der Waals surface area contributed by atoms with Gasteiger partial charge < -0.3 is 14.4 Å². The van der Waals surface area contributed by atoms with Gasteiger partial charge in [-0.2, -0.15) is 0 Å². The number of fused-ring (bicyclic) bond motifs is 1. The van der Waals surface area contributed by atoms with Crippen molar-refractivity contribution in [3.05, 3.63) is 58.9 Å². The molecule has 0 saturated carbocycles. The number of ether oxygens (including phenoxy) is 1. The molecular formula is C22H29ClN2O2. The summed E-state index contributed by atoms with van der Waals surface area (Å²) in [4.78, 5) is 4.73. The van der Waals surface area contributed by atoms with Crippen LogP contribution < -0.4 is 4.74 Å². The van der Waals surface area contributed by atoms with Crippen molar-refractivity contribution < 1.29 is 9.84 Å². The van der Waals surface area contributed by atoms with E-state index < -0.39 is 6.10 Å². The third-order valence-corrected chi connectivity index (χ3v) is 4.79. The quantitative estimate of drug-likeness (QED) is 0.650. The molecule has 2 aromatic carbocycles.